The van der Waals surface area contributed by atoms with Crippen molar-refractivity contribution in [1.29, 1.82) is 0 Å². The van der Waals surface area contributed by atoms with Crippen LogP contribution < -0.4 is 5.32 Å². The molecule has 94 valence electrons. The molecule has 1 aliphatic rings. The fourth-order valence-electron chi connectivity index (χ4n) is 2.83. The van der Waals surface area contributed by atoms with Crippen molar-refractivity contribution in [3.05, 3.63) is 29.6 Å². The number of rotatable bonds is 2. The zero-order valence-corrected chi connectivity index (χ0v) is 11.0. The first-order valence-electron chi connectivity index (χ1n) is 6.59. The summed E-state index contributed by atoms with van der Waals surface area (Å²) in [6, 6.07) is 5.47. The second-order valence-corrected chi connectivity index (χ2v) is 5.61. The molecule has 1 saturated carbocycles. The Labute approximate surface area is 103 Å². The third-order valence-electron chi connectivity index (χ3n) is 3.97. The molecule has 0 heterocycles. The van der Waals surface area contributed by atoms with E-state index >= 15 is 0 Å². The molecule has 17 heavy (non-hydrogen) atoms. The minimum atomic E-state index is -0.157. The van der Waals surface area contributed by atoms with Gasteiger partial charge in [-0.1, -0.05) is 19.9 Å². The van der Waals surface area contributed by atoms with Gasteiger partial charge in [0.25, 0.3) is 0 Å². The lowest BCUT2D eigenvalue weighted by Gasteiger charge is -2.34. The van der Waals surface area contributed by atoms with E-state index in [0.29, 0.717) is 12.0 Å². The van der Waals surface area contributed by atoms with Crippen molar-refractivity contribution < 1.29 is 4.39 Å². The van der Waals surface area contributed by atoms with Crippen molar-refractivity contribution >= 4 is 5.69 Å². The molecule has 0 aromatic heterocycles. The van der Waals surface area contributed by atoms with E-state index in [-0.39, 0.29) is 5.82 Å². The predicted molar refractivity (Wildman–Crippen MR) is 70.7 cm³/mol. The molecule has 2 heteroatoms. The molecule has 2 rings (SSSR count). The highest BCUT2D eigenvalue weighted by atomic mass is 19.1. The first-order chi connectivity index (χ1) is 8.06. The van der Waals surface area contributed by atoms with Gasteiger partial charge in [-0.15, -0.1) is 0 Å². The van der Waals surface area contributed by atoms with Crippen molar-refractivity contribution in [2.45, 2.75) is 46.1 Å². The summed E-state index contributed by atoms with van der Waals surface area (Å²) in [5, 5.41) is 3.52. The predicted octanol–water partition coefficient (Wildman–Crippen LogP) is 4.37. The van der Waals surface area contributed by atoms with Crippen LogP contribution in [0.15, 0.2) is 18.2 Å². The van der Waals surface area contributed by atoms with E-state index in [1.54, 1.807) is 6.07 Å². The molecule has 1 fully saturated rings. The number of anilines is 1. The minimum Gasteiger partial charge on any atom is -0.382 e. The summed E-state index contributed by atoms with van der Waals surface area (Å²) >= 11 is 0. The van der Waals surface area contributed by atoms with E-state index in [9.17, 15) is 4.39 Å². The van der Waals surface area contributed by atoms with Crippen LogP contribution in [-0.2, 0) is 0 Å². The van der Waals surface area contributed by atoms with Gasteiger partial charge in [0, 0.05) is 11.7 Å². The Bertz CT molecular complexity index is 389. The maximum atomic E-state index is 13.2. The molecule has 1 aromatic carbocycles. The molecular formula is C15H22FN. The molecule has 0 radical (unpaired) electrons. The first kappa shape index (κ1) is 12.4. The molecule has 1 N–H and O–H groups in total. The van der Waals surface area contributed by atoms with Crippen LogP contribution in [-0.4, -0.2) is 6.04 Å². The topological polar surface area (TPSA) is 12.0 Å². The Morgan fingerprint density at radius 2 is 2.00 bits per heavy atom. The zero-order valence-electron chi connectivity index (χ0n) is 11.0. The largest absolute Gasteiger partial charge is 0.382 e. The van der Waals surface area contributed by atoms with Gasteiger partial charge in [-0.2, -0.15) is 0 Å². The monoisotopic (exact) mass is 235 g/mol. The zero-order chi connectivity index (χ0) is 12.4. The molecule has 0 spiro atoms. The van der Waals surface area contributed by atoms with Crippen LogP contribution in [0, 0.1) is 24.6 Å². The van der Waals surface area contributed by atoms with Crippen LogP contribution in [0.5, 0.6) is 0 Å². The second-order valence-electron chi connectivity index (χ2n) is 5.61. The van der Waals surface area contributed by atoms with E-state index in [1.807, 2.05) is 13.0 Å². The van der Waals surface area contributed by atoms with Gasteiger partial charge < -0.3 is 5.32 Å². The summed E-state index contributed by atoms with van der Waals surface area (Å²) in [5.41, 5.74) is 2.08. The number of aryl methyl sites for hydroxylation is 1. The molecule has 0 aliphatic heterocycles. The summed E-state index contributed by atoms with van der Waals surface area (Å²) < 4.78 is 13.2. The van der Waals surface area contributed by atoms with Crippen LogP contribution in [0.4, 0.5) is 10.1 Å². The number of nitrogens with one attached hydrogen (secondary N) is 1. The van der Waals surface area contributed by atoms with E-state index in [2.05, 4.69) is 19.2 Å². The van der Waals surface area contributed by atoms with Crippen molar-refractivity contribution in [2.24, 2.45) is 11.8 Å². The summed E-state index contributed by atoms with van der Waals surface area (Å²) in [6.07, 6.45) is 3.74. The summed E-state index contributed by atoms with van der Waals surface area (Å²) in [5.74, 6) is 1.34. The average molecular weight is 235 g/mol. The van der Waals surface area contributed by atoms with Gasteiger partial charge in [0.1, 0.15) is 5.82 Å². The first-order valence-corrected chi connectivity index (χ1v) is 6.59. The van der Waals surface area contributed by atoms with Gasteiger partial charge in [0.2, 0.25) is 0 Å². The molecule has 1 aromatic rings. The molecule has 0 bridgehead atoms. The van der Waals surface area contributed by atoms with Gasteiger partial charge in [-0.3, -0.25) is 0 Å². The highest BCUT2D eigenvalue weighted by molar-refractivity contribution is 5.51. The van der Waals surface area contributed by atoms with Crippen molar-refractivity contribution in [2.75, 3.05) is 5.32 Å². The van der Waals surface area contributed by atoms with Crippen LogP contribution >= 0.6 is 0 Å². The quantitative estimate of drug-likeness (QED) is 0.802. The fraction of sp³-hybridized carbons (Fsp3) is 0.600. The Kier molecular flexibility index (Phi) is 3.70. The highest BCUT2D eigenvalue weighted by Crippen LogP contribution is 2.31. The Hall–Kier alpha value is -1.05. The number of halogens is 1. The number of benzene rings is 1. The van der Waals surface area contributed by atoms with Crippen molar-refractivity contribution in [3.63, 3.8) is 0 Å². The lowest BCUT2D eigenvalue weighted by molar-refractivity contribution is 0.276. The maximum Gasteiger partial charge on any atom is 0.125 e. The molecule has 1 nitrogen and oxygen atoms in total. The summed E-state index contributed by atoms with van der Waals surface area (Å²) in [6.45, 7) is 6.64. The van der Waals surface area contributed by atoms with Crippen LogP contribution in [0.1, 0.15) is 38.7 Å². The number of hydrogen-bond acceptors (Lipinski definition) is 1. The summed E-state index contributed by atoms with van der Waals surface area (Å²) in [4.78, 5) is 0. The van der Waals surface area contributed by atoms with Crippen molar-refractivity contribution in [3.8, 4) is 0 Å². The maximum absolute atomic E-state index is 13.2. The van der Waals surface area contributed by atoms with E-state index < -0.39 is 0 Å². The fourth-order valence-corrected chi connectivity index (χ4v) is 2.83. The van der Waals surface area contributed by atoms with E-state index in [4.69, 9.17) is 0 Å². The highest BCUT2D eigenvalue weighted by Gasteiger charge is 2.25. The molecule has 0 saturated heterocycles. The molecule has 0 amide bonds. The third-order valence-corrected chi connectivity index (χ3v) is 3.97. The van der Waals surface area contributed by atoms with Gasteiger partial charge in [-0.25, -0.2) is 4.39 Å². The van der Waals surface area contributed by atoms with Crippen molar-refractivity contribution in [1.82, 2.24) is 0 Å². The Balaban J connectivity index is 2.07. The molecule has 3 unspecified atom stereocenters. The van der Waals surface area contributed by atoms with Crippen LogP contribution in [0.2, 0.25) is 0 Å². The third kappa shape index (κ3) is 2.99. The Morgan fingerprint density at radius 1 is 1.24 bits per heavy atom. The normalized spacial score (nSPS) is 29.1. The standard InChI is InChI=1S/C15H22FN/c1-10-4-7-14(12(3)8-10)17-15-9-13(16)6-5-11(15)2/h5-6,9-10,12,14,17H,4,7-8H2,1-3H3. The van der Waals surface area contributed by atoms with Crippen LogP contribution in [0.25, 0.3) is 0 Å². The van der Waals surface area contributed by atoms with Gasteiger partial charge in [0.15, 0.2) is 0 Å². The smallest absolute Gasteiger partial charge is 0.125 e. The van der Waals surface area contributed by atoms with Gasteiger partial charge >= 0.3 is 0 Å². The molecular weight excluding hydrogens is 213 g/mol. The minimum absolute atomic E-state index is 0.157. The van der Waals surface area contributed by atoms with E-state index in [0.717, 1.165) is 17.2 Å². The summed E-state index contributed by atoms with van der Waals surface area (Å²) in [7, 11) is 0. The van der Waals surface area contributed by atoms with Crippen LogP contribution in [0.3, 0.4) is 0 Å². The Morgan fingerprint density at radius 3 is 2.71 bits per heavy atom. The SMILES string of the molecule is Cc1ccc(F)cc1NC1CCC(C)CC1C. The molecule has 3 atom stereocenters. The average Bonchev–Trinajstić information content (AvgIpc) is 2.27. The van der Waals surface area contributed by atoms with Gasteiger partial charge in [-0.05, 0) is 55.7 Å². The number of hydrogen-bond donors (Lipinski definition) is 1. The van der Waals surface area contributed by atoms with Gasteiger partial charge in [0.05, 0.1) is 0 Å². The second kappa shape index (κ2) is 5.07. The lowest BCUT2D eigenvalue weighted by atomic mass is 9.80. The molecule has 1 aliphatic carbocycles. The van der Waals surface area contributed by atoms with E-state index in [1.165, 1.54) is 25.3 Å². The lowest BCUT2D eigenvalue weighted by Crippen LogP contribution is -2.33.